The first kappa shape index (κ1) is 10.2. The van der Waals surface area contributed by atoms with E-state index in [1.807, 2.05) is 12.1 Å². The second-order valence-electron chi connectivity index (χ2n) is 3.58. The Labute approximate surface area is 102 Å². The molecule has 0 aliphatic heterocycles. The molecule has 0 spiro atoms. The summed E-state index contributed by atoms with van der Waals surface area (Å²) < 4.78 is 5.13. The third-order valence-electron chi connectivity index (χ3n) is 2.39. The molecule has 0 unspecified atom stereocenters. The zero-order valence-corrected chi connectivity index (χ0v) is 9.16. The Morgan fingerprint density at radius 1 is 1.39 bits per heavy atom. The van der Waals surface area contributed by atoms with Gasteiger partial charge >= 0.3 is 0 Å². The summed E-state index contributed by atoms with van der Waals surface area (Å²) in [4.78, 5) is 11.1. The fourth-order valence-corrected chi connectivity index (χ4v) is 1.53. The highest BCUT2D eigenvalue weighted by Gasteiger charge is 2.12. The second-order valence-corrected chi connectivity index (χ2v) is 3.58. The molecular formula is C12H7N5O. The molecule has 18 heavy (non-hydrogen) atoms. The molecule has 3 aromatic heterocycles. The Morgan fingerprint density at radius 3 is 3.06 bits per heavy atom. The highest BCUT2D eigenvalue weighted by molar-refractivity contribution is 5.57. The summed E-state index contributed by atoms with van der Waals surface area (Å²) in [7, 11) is 0. The first-order valence-corrected chi connectivity index (χ1v) is 5.20. The molecule has 0 aromatic carbocycles. The molecule has 3 rings (SSSR count). The number of rotatable bonds is 2. The average molecular weight is 237 g/mol. The minimum atomic E-state index is 0.343. The van der Waals surface area contributed by atoms with Crippen LogP contribution in [0.5, 0.6) is 0 Å². The van der Waals surface area contributed by atoms with Crippen molar-refractivity contribution in [2.75, 3.05) is 0 Å². The van der Waals surface area contributed by atoms with Gasteiger partial charge in [-0.05, 0) is 18.2 Å². The average Bonchev–Trinajstić information content (AvgIpc) is 3.08. The van der Waals surface area contributed by atoms with E-state index in [0.717, 1.165) is 5.56 Å². The second kappa shape index (κ2) is 4.14. The number of aromatic nitrogens is 4. The predicted molar refractivity (Wildman–Crippen MR) is 62.0 cm³/mol. The third-order valence-corrected chi connectivity index (χ3v) is 2.39. The van der Waals surface area contributed by atoms with Gasteiger partial charge in [-0.3, -0.25) is 4.98 Å². The van der Waals surface area contributed by atoms with Crippen molar-refractivity contribution in [3.63, 3.8) is 0 Å². The largest absolute Gasteiger partial charge is 0.356 e. The maximum absolute atomic E-state index is 8.74. The van der Waals surface area contributed by atoms with Gasteiger partial charge < -0.3 is 9.51 Å². The molecule has 0 bridgehead atoms. The fraction of sp³-hybridized carbons (Fsp3) is 0. The number of nitrogens with zero attached hydrogens (tertiary/aromatic N) is 4. The number of H-pyrrole nitrogens is 1. The Balaban J connectivity index is 1.97. The normalized spacial score (nSPS) is 10.2. The van der Waals surface area contributed by atoms with Gasteiger partial charge in [0.15, 0.2) is 0 Å². The van der Waals surface area contributed by atoms with Crippen LogP contribution in [0, 0.1) is 11.3 Å². The lowest BCUT2D eigenvalue weighted by Gasteiger charge is -1.89. The molecule has 0 aliphatic rings. The molecule has 6 heteroatoms. The van der Waals surface area contributed by atoms with Gasteiger partial charge in [0.2, 0.25) is 5.82 Å². The van der Waals surface area contributed by atoms with Gasteiger partial charge in [0.1, 0.15) is 11.8 Å². The van der Waals surface area contributed by atoms with Crippen LogP contribution in [0.1, 0.15) is 5.56 Å². The molecule has 0 saturated heterocycles. The van der Waals surface area contributed by atoms with Crippen molar-refractivity contribution < 1.29 is 4.52 Å². The predicted octanol–water partition coefficient (Wildman–Crippen LogP) is 2.00. The molecule has 1 N–H and O–H groups in total. The number of nitrogens with one attached hydrogen (secondary N) is 1. The summed E-state index contributed by atoms with van der Waals surface area (Å²) in [6, 6.07) is 7.32. The van der Waals surface area contributed by atoms with E-state index < -0.39 is 0 Å². The maximum atomic E-state index is 8.74. The molecule has 6 nitrogen and oxygen atoms in total. The zero-order chi connectivity index (χ0) is 12.4. The van der Waals surface area contributed by atoms with Gasteiger partial charge in [-0.25, -0.2) is 0 Å². The zero-order valence-electron chi connectivity index (χ0n) is 9.16. The Hall–Kier alpha value is -2.94. The standard InChI is InChI=1S/C12H7N5O/c13-5-8-4-10(15-6-8)12-16-11(17-18-12)9-2-1-3-14-7-9/h1-4,6-7,15H. The van der Waals surface area contributed by atoms with E-state index in [1.54, 1.807) is 30.7 Å². The summed E-state index contributed by atoms with van der Waals surface area (Å²) in [5, 5.41) is 12.6. The molecule has 0 atom stereocenters. The minimum absolute atomic E-state index is 0.343. The molecule has 0 aliphatic carbocycles. The van der Waals surface area contributed by atoms with E-state index in [4.69, 9.17) is 9.78 Å². The van der Waals surface area contributed by atoms with Crippen molar-refractivity contribution in [2.24, 2.45) is 0 Å². The summed E-state index contributed by atoms with van der Waals surface area (Å²) in [5.74, 6) is 0.807. The fourth-order valence-electron chi connectivity index (χ4n) is 1.53. The smallest absolute Gasteiger partial charge is 0.274 e. The molecule has 0 saturated carbocycles. The van der Waals surface area contributed by atoms with Crippen LogP contribution in [0.25, 0.3) is 23.0 Å². The van der Waals surface area contributed by atoms with E-state index in [0.29, 0.717) is 23.0 Å². The van der Waals surface area contributed by atoms with Crippen LogP contribution in [0.4, 0.5) is 0 Å². The van der Waals surface area contributed by atoms with E-state index in [-0.39, 0.29) is 0 Å². The van der Waals surface area contributed by atoms with Crippen LogP contribution in [-0.2, 0) is 0 Å². The lowest BCUT2D eigenvalue weighted by molar-refractivity contribution is 0.431. The number of aromatic amines is 1. The molecule has 0 fully saturated rings. The number of nitriles is 1. The number of hydrogen-bond donors (Lipinski definition) is 1. The molecular weight excluding hydrogens is 230 g/mol. The minimum Gasteiger partial charge on any atom is -0.356 e. The Kier molecular flexibility index (Phi) is 2.35. The van der Waals surface area contributed by atoms with Gasteiger partial charge in [-0.1, -0.05) is 5.16 Å². The first-order chi connectivity index (χ1) is 8.86. The van der Waals surface area contributed by atoms with Gasteiger partial charge in [0.05, 0.1) is 5.56 Å². The monoisotopic (exact) mass is 237 g/mol. The highest BCUT2D eigenvalue weighted by Crippen LogP contribution is 2.20. The van der Waals surface area contributed by atoms with Gasteiger partial charge in [-0.15, -0.1) is 0 Å². The van der Waals surface area contributed by atoms with Crippen LogP contribution in [-0.4, -0.2) is 20.1 Å². The van der Waals surface area contributed by atoms with Crippen molar-refractivity contribution in [3.8, 4) is 29.0 Å². The van der Waals surface area contributed by atoms with Crippen LogP contribution in [0.15, 0.2) is 41.3 Å². The van der Waals surface area contributed by atoms with Crippen LogP contribution in [0.3, 0.4) is 0 Å². The summed E-state index contributed by atoms with van der Waals surface area (Å²) in [6.45, 7) is 0. The SMILES string of the molecule is N#Cc1c[nH]c(-c2nc(-c3cccnc3)no2)c1. The Morgan fingerprint density at radius 2 is 2.33 bits per heavy atom. The van der Waals surface area contributed by atoms with Crippen molar-refractivity contribution in [2.45, 2.75) is 0 Å². The summed E-state index contributed by atoms with van der Waals surface area (Å²) in [5.41, 5.74) is 1.92. The first-order valence-electron chi connectivity index (χ1n) is 5.20. The van der Waals surface area contributed by atoms with Crippen molar-refractivity contribution in [1.82, 2.24) is 20.1 Å². The number of hydrogen-bond acceptors (Lipinski definition) is 5. The van der Waals surface area contributed by atoms with E-state index in [1.165, 1.54) is 0 Å². The Bertz CT molecular complexity index is 707. The molecule has 86 valence electrons. The van der Waals surface area contributed by atoms with E-state index >= 15 is 0 Å². The maximum Gasteiger partial charge on any atom is 0.274 e. The number of pyridine rings is 1. The quantitative estimate of drug-likeness (QED) is 0.735. The lowest BCUT2D eigenvalue weighted by atomic mass is 10.3. The van der Waals surface area contributed by atoms with Crippen molar-refractivity contribution in [3.05, 3.63) is 42.4 Å². The summed E-state index contributed by atoms with van der Waals surface area (Å²) in [6.07, 6.45) is 4.92. The van der Waals surface area contributed by atoms with Crippen LogP contribution >= 0.6 is 0 Å². The van der Waals surface area contributed by atoms with Gasteiger partial charge in [0.25, 0.3) is 5.89 Å². The van der Waals surface area contributed by atoms with E-state index in [2.05, 4.69) is 20.1 Å². The van der Waals surface area contributed by atoms with Crippen LogP contribution in [0.2, 0.25) is 0 Å². The lowest BCUT2D eigenvalue weighted by Crippen LogP contribution is -1.81. The van der Waals surface area contributed by atoms with Crippen molar-refractivity contribution in [1.29, 1.82) is 5.26 Å². The highest BCUT2D eigenvalue weighted by atomic mass is 16.5. The summed E-state index contributed by atoms with van der Waals surface area (Å²) >= 11 is 0. The molecule has 3 heterocycles. The third kappa shape index (κ3) is 1.74. The van der Waals surface area contributed by atoms with Gasteiger partial charge in [-0.2, -0.15) is 10.2 Å². The van der Waals surface area contributed by atoms with Gasteiger partial charge in [0, 0.05) is 24.2 Å². The topological polar surface area (TPSA) is 91.4 Å². The molecule has 0 amide bonds. The molecule has 3 aromatic rings. The van der Waals surface area contributed by atoms with Crippen LogP contribution < -0.4 is 0 Å². The van der Waals surface area contributed by atoms with E-state index in [9.17, 15) is 0 Å². The van der Waals surface area contributed by atoms with Crippen molar-refractivity contribution >= 4 is 0 Å². The molecule has 0 radical (unpaired) electrons.